The molecule has 0 aromatic heterocycles. The Balaban J connectivity index is 2.88. The summed E-state index contributed by atoms with van der Waals surface area (Å²) >= 11 is 3.36. The van der Waals surface area contributed by atoms with Crippen LogP contribution in [0.25, 0.3) is 0 Å². The highest BCUT2D eigenvalue weighted by molar-refractivity contribution is 9.09. The molecule has 0 bridgehead atoms. The Kier molecular flexibility index (Phi) is 6.88. The van der Waals surface area contributed by atoms with Gasteiger partial charge in [-0.25, -0.2) is 0 Å². The van der Waals surface area contributed by atoms with E-state index in [2.05, 4.69) is 22.9 Å². The summed E-state index contributed by atoms with van der Waals surface area (Å²) in [6.07, 6.45) is 4.87. The number of alkyl halides is 1. The lowest BCUT2D eigenvalue weighted by Gasteiger charge is -2.03. The number of aliphatic hydroxyl groups excluding tert-OH is 1. The SMILES string of the molecule is CCCCCC(Br)CO. The maximum atomic E-state index is 8.59. The van der Waals surface area contributed by atoms with E-state index < -0.39 is 0 Å². The first-order chi connectivity index (χ1) is 4.31. The summed E-state index contributed by atoms with van der Waals surface area (Å²) in [6.45, 7) is 2.45. The van der Waals surface area contributed by atoms with Crippen molar-refractivity contribution >= 4 is 15.9 Å². The van der Waals surface area contributed by atoms with Gasteiger partial charge in [-0.15, -0.1) is 0 Å². The zero-order chi connectivity index (χ0) is 7.11. The molecule has 1 N–H and O–H groups in total. The van der Waals surface area contributed by atoms with Gasteiger partial charge in [0.1, 0.15) is 0 Å². The average molecular weight is 195 g/mol. The zero-order valence-corrected chi connectivity index (χ0v) is 7.52. The van der Waals surface area contributed by atoms with Crippen LogP contribution in [-0.4, -0.2) is 16.5 Å². The van der Waals surface area contributed by atoms with Crippen LogP contribution in [0.15, 0.2) is 0 Å². The van der Waals surface area contributed by atoms with Crippen LogP contribution < -0.4 is 0 Å². The minimum absolute atomic E-state index is 0.268. The molecule has 0 spiro atoms. The molecule has 0 aromatic rings. The Morgan fingerprint density at radius 2 is 2.11 bits per heavy atom. The van der Waals surface area contributed by atoms with E-state index in [1.54, 1.807) is 0 Å². The second-order valence-corrected chi connectivity index (χ2v) is 3.57. The maximum Gasteiger partial charge on any atom is 0.0556 e. The van der Waals surface area contributed by atoms with E-state index in [1.165, 1.54) is 19.3 Å². The number of unbranched alkanes of at least 4 members (excludes halogenated alkanes) is 2. The topological polar surface area (TPSA) is 20.2 Å². The third-order valence-electron chi connectivity index (χ3n) is 1.32. The highest BCUT2D eigenvalue weighted by atomic mass is 79.9. The molecule has 0 aromatic carbocycles. The summed E-state index contributed by atoms with van der Waals surface area (Å²) in [5.74, 6) is 0. The van der Waals surface area contributed by atoms with Crippen molar-refractivity contribution < 1.29 is 5.11 Å². The van der Waals surface area contributed by atoms with Gasteiger partial charge >= 0.3 is 0 Å². The Morgan fingerprint density at radius 3 is 2.56 bits per heavy atom. The molecule has 0 saturated heterocycles. The van der Waals surface area contributed by atoms with Gasteiger partial charge < -0.3 is 5.11 Å². The largest absolute Gasteiger partial charge is 0.395 e. The summed E-state index contributed by atoms with van der Waals surface area (Å²) in [7, 11) is 0. The molecule has 0 heterocycles. The predicted molar refractivity (Wildman–Crippen MR) is 43.9 cm³/mol. The first kappa shape index (κ1) is 9.44. The highest BCUT2D eigenvalue weighted by Gasteiger charge is 1.99. The van der Waals surface area contributed by atoms with Gasteiger partial charge in [0.05, 0.1) is 6.61 Å². The van der Waals surface area contributed by atoms with Gasteiger partial charge in [0.2, 0.25) is 0 Å². The fourth-order valence-electron chi connectivity index (χ4n) is 0.707. The fourth-order valence-corrected chi connectivity index (χ4v) is 1.03. The first-order valence-electron chi connectivity index (χ1n) is 3.56. The van der Waals surface area contributed by atoms with E-state index in [4.69, 9.17) is 5.11 Å². The Bertz CT molecular complexity index is 56.9. The first-order valence-corrected chi connectivity index (χ1v) is 4.47. The van der Waals surface area contributed by atoms with Crippen molar-refractivity contribution in [2.45, 2.75) is 37.4 Å². The van der Waals surface area contributed by atoms with Crippen molar-refractivity contribution in [3.05, 3.63) is 0 Å². The van der Waals surface area contributed by atoms with Crippen molar-refractivity contribution in [3.8, 4) is 0 Å². The Morgan fingerprint density at radius 1 is 1.44 bits per heavy atom. The molecule has 0 rings (SSSR count). The smallest absolute Gasteiger partial charge is 0.0556 e. The second kappa shape index (κ2) is 6.56. The molecule has 0 amide bonds. The van der Waals surface area contributed by atoms with Gasteiger partial charge in [-0.1, -0.05) is 42.1 Å². The lowest BCUT2D eigenvalue weighted by Crippen LogP contribution is -2.02. The van der Waals surface area contributed by atoms with Crippen LogP contribution in [0.3, 0.4) is 0 Å². The van der Waals surface area contributed by atoms with Crippen LogP contribution in [-0.2, 0) is 0 Å². The van der Waals surface area contributed by atoms with Crippen LogP contribution in [0.1, 0.15) is 32.6 Å². The lowest BCUT2D eigenvalue weighted by molar-refractivity contribution is 0.290. The highest BCUT2D eigenvalue weighted by Crippen LogP contribution is 2.09. The normalized spacial score (nSPS) is 13.7. The maximum absolute atomic E-state index is 8.59. The third-order valence-corrected chi connectivity index (χ3v) is 2.07. The molecular formula is C7H15BrO. The van der Waals surface area contributed by atoms with Gasteiger partial charge in [-0.2, -0.15) is 0 Å². The number of halogens is 1. The Hall–Kier alpha value is 0.440. The van der Waals surface area contributed by atoms with E-state index in [0.29, 0.717) is 4.83 Å². The molecule has 0 radical (unpaired) electrons. The quantitative estimate of drug-likeness (QED) is 0.527. The van der Waals surface area contributed by atoms with Crippen molar-refractivity contribution in [1.82, 2.24) is 0 Å². The van der Waals surface area contributed by atoms with Gasteiger partial charge in [0.15, 0.2) is 0 Å². The van der Waals surface area contributed by atoms with Gasteiger partial charge in [-0.3, -0.25) is 0 Å². The molecule has 0 fully saturated rings. The molecule has 0 aliphatic carbocycles. The van der Waals surface area contributed by atoms with E-state index in [9.17, 15) is 0 Å². The summed E-state index contributed by atoms with van der Waals surface area (Å²) in [5.41, 5.74) is 0. The molecule has 1 atom stereocenters. The number of hydrogen-bond donors (Lipinski definition) is 1. The lowest BCUT2D eigenvalue weighted by atomic mass is 10.2. The van der Waals surface area contributed by atoms with Gasteiger partial charge in [0, 0.05) is 4.83 Å². The summed E-state index contributed by atoms with van der Waals surface area (Å²) < 4.78 is 0. The minimum atomic E-state index is 0.268. The predicted octanol–water partition coefficient (Wildman–Crippen LogP) is 2.32. The zero-order valence-electron chi connectivity index (χ0n) is 5.94. The molecule has 1 unspecified atom stereocenters. The fraction of sp³-hybridized carbons (Fsp3) is 1.00. The third kappa shape index (κ3) is 6.32. The molecule has 2 heteroatoms. The molecule has 0 aliphatic heterocycles. The summed E-state index contributed by atoms with van der Waals surface area (Å²) in [6, 6.07) is 0. The molecular weight excluding hydrogens is 180 g/mol. The molecule has 9 heavy (non-hydrogen) atoms. The van der Waals surface area contributed by atoms with E-state index in [0.717, 1.165) is 6.42 Å². The van der Waals surface area contributed by atoms with Crippen molar-refractivity contribution in [2.75, 3.05) is 6.61 Å². The minimum Gasteiger partial charge on any atom is -0.395 e. The summed E-state index contributed by atoms with van der Waals surface area (Å²) in [5, 5.41) is 8.59. The van der Waals surface area contributed by atoms with Crippen LogP contribution >= 0.6 is 15.9 Å². The van der Waals surface area contributed by atoms with Crippen LogP contribution in [0.2, 0.25) is 0 Å². The van der Waals surface area contributed by atoms with E-state index in [1.807, 2.05) is 0 Å². The number of rotatable bonds is 5. The molecule has 56 valence electrons. The average Bonchev–Trinajstić information content (AvgIpc) is 1.89. The van der Waals surface area contributed by atoms with Crippen LogP contribution in [0.4, 0.5) is 0 Å². The van der Waals surface area contributed by atoms with E-state index >= 15 is 0 Å². The standard InChI is InChI=1S/C7H15BrO/c1-2-3-4-5-7(8)6-9/h7,9H,2-6H2,1H3. The van der Waals surface area contributed by atoms with Crippen LogP contribution in [0, 0.1) is 0 Å². The van der Waals surface area contributed by atoms with Gasteiger partial charge in [0.25, 0.3) is 0 Å². The van der Waals surface area contributed by atoms with Crippen LogP contribution in [0.5, 0.6) is 0 Å². The summed E-state index contributed by atoms with van der Waals surface area (Å²) in [4.78, 5) is 0.323. The number of aliphatic hydroxyl groups is 1. The monoisotopic (exact) mass is 194 g/mol. The molecule has 1 nitrogen and oxygen atoms in total. The van der Waals surface area contributed by atoms with E-state index in [-0.39, 0.29) is 6.61 Å². The molecule has 0 saturated carbocycles. The van der Waals surface area contributed by atoms with Crippen molar-refractivity contribution in [1.29, 1.82) is 0 Å². The number of hydrogen-bond acceptors (Lipinski definition) is 1. The Labute approximate surface area is 65.6 Å². The molecule has 0 aliphatic rings. The second-order valence-electron chi connectivity index (χ2n) is 2.28. The van der Waals surface area contributed by atoms with Gasteiger partial charge in [-0.05, 0) is 6.42 Å². The van der Waals surface area contributed by atoms with Crippen molar-refractivity contribution in [3.63, 3.8) is 0 Å². The van der Waals surface area contributed by atoms with Crippen molar-refractivity contribution in [2.24, 2.45) is 0 Å².